The van der Waals surface area contributed by atoms with E-state index in [1.54, 1.807) is 6.92 Å². The number of ether oxygens (including phenoxy) is 1. The molecule has 3 aliphatic rings. The number of amides is 1. The van der Waals surface area contributed by atoms with Crippen LogP contribution in [0.3, 0.4) is 0 Å². The van der Waals surface area contributed by atoms with Crippen molar-refractivity contribution in [3.05, 3.63) is 45.7 Å². The van der Waals surface area contributed by atoms with Gasteiger partial charge in [0.15, 0.2) is 11.4 Å². The first-order valence-electron chi connectivity index (χ1n) is 11.0. The molecule has 0 aromatic heterocycles. The topological polar surface area (TPSA) is 208 Å². The summed E-state index contributed by atoms with van der Waals surface area (Å²) in [5, 5.41) is 55.9. The summed E-state index contributed by atoms with van der Waals surface area (Å²) in [6, 6.07) is 1.26. The van der Waals surface area contributed by atoms with E-state index < -0.39 is 87.4 Å². The van der Waals surface area contributed by atoms with Gasteiger partial charge < -0.3 is 36.0 Å². The zero-order valence-corrected chi connectivity index (χ0v) is 19.8. The fraction of sp³-hybridized carbons (Fsp3) is 0.440. The van der Waals surface area contributed by atoms with Crippen LogP contribution in [0.5, 0.6) is 5.75 Å². The van der Waals surface area contributed by atoms with Gasteiger partial charge in [-0.05, 0) is 31.6 Å². The normalized spacial score (nSPS) is 30.8. The summed E-state index contributed by atoms with van der Waals surface area (Å²) in [4.78, 5) is 52.3. The Balaban J connectivity index is 0.00000380. The highest BCUT2D eigenvalue weighted by molar-refractivity contribution is 6.24. The van der Waals surface area contributed by atoms with Crippen molar-refractivity contribution in [1.82, 2.24) is 4.90 Å². The second-order valence-electron chi connectivity index (χ2n) is 9.47. The number of aliphatic hydroxyl groups excluding tert-OH is 3. The standard InChI is InChI=1S/C24H26N2O10.CH4/c1-7-8-5-6-9(23(34)36-4)16(27)11(8)17(28)12-10(7)18(29)14-15(26(2)3)19(30)13(22(25)33)21(32)24(14,35)20(12)31;/h5-7,10,14-15,18,27-29,32,35H,1-4H3,(H2,25,33);1H4/t7-,10?,14?,15-,18-,24-;/m0./s1. The maximum atomic E-state index is 13.8. The number of fused-ring (bicyclic) bond motifs is 3. The molecule has 200 valence electrons. The zero-order valence-electron chi connectivity index (χ0n) is 19.8. The SMILES string of the molecule is C.COC(=O)c1ccc2c(c1O)C(O)=C1C(=O)[C@]3(O)C(O)=C(C(N)=O)C(=O)[C@@H](N(C)C)C3[C@@H](O)C1[C@H]2C. The van der Waals surface area contributed by atoms with Crippen LogP contribution in [-0.2, 0) is 19.1 Å². The molecule has 37 heavy (non-hydrogen) atoms. The number of esters is 1. The molecule has 1 saturated carbocycles. The number of primary amides is 1. The third-order valence-corrected chi connectivity index (χ3v) is 7.53. The minimum atomic E-state index is -3.00. The number of hydrogen-bond acceptors (Lipinski definition) is 11. The van der Waals surface area contributed by atoms with Gasteiger partial charge in [-0.3, -0.25) is 19.3 Å². The minimum Gasteiger partial charge on any atom is -0.508 e. The summed E-state index contributed by atoms with van der Waals surface area (Å²) in [7, 11) is 3.94. The van der Waals surface area contributed by atoms with Crippen molar-refractivity contribution in [1.29, 1.82) is 0 Å². The predicted octanol–water partition coefficient (Wildman–Crippen LogP) is -0.0815. The molecule has 1 aromatic carbocycles. The summed E-state index contributed by atoms with van der Waals surface area (Å²) in [6.07, 6.45) is -1.69. The van der Waals surface area contributed by atoms with Crippen LogP contribution in [0.2, 0.25) is 0 Å². The molecule has 3 aliphatic carbocycles. The maximum absolute atomic E-state index is 13.8. The third kappa shape index (κ3) is 3.40. The Hall–Kier alpha value is -3.74. The number of carbonyl (C=O) groups excluding carboxylic acids is 4. The van der Waals surface area contributed by atoms with Crippen molar-refractivity contribution < 1.29 is 49.4 Å². The van der Waals surface area contributed by atoms with Crippen LogP contribution >= 0.6 is 0 Å². The first-order valence-corrected chi connectivity index (χ1v) is 11.0. The van der Waals surface area contributed by atoms with Gasteiger partial charge in [-0.15, -0.1) is 0 Å². The summed E-state index contributed by atoms with van der Waals surface area (Å²) in [6.45, 7) is 1.59. The van der Waals surface area contributed by atoms with E-state index in [9.17, 15) is 44.7 Å². The predicted molar refractivity (Wildman–Crippen MR) is 128 cm³/mol. The summed E-state index contributed by atoms with van der Waals surface area (Å²) < 4.78 is 4.63. The molecule has 7 N–H and O–H groups in total. The number of rotatable bonds is 3. The van der Waals surface area contributed by atoms with Crippen LogP contribution in [0.1, 0.15) is 41.8 Å². The van der Waals surface area contributed by atoms with E-state index in [2.05, 4.69) is 4.74 Å². The Morgan fingerprint density at radius 1 is 1.14 bits per heavy atom. The van der Waals surface area contributed by atoms with E-state index in [-0.39, 0.29) is 24.1 Å². The molecule has 2 unspecified atom stereocenters. The molecule has 12 heteroatoms. The molecule has 0 bridgehead atoms. The summed E-state index contributed by atoms with van der Waals surface area (Å²) in [5.41, 5.74) is 0.436. The highest BCUT2D eigenvalue weighted by Gasteiger charge is 2.68. The second-order valence-corrected chi connectivity index (χ2v) is 9.47. The molecule has 1 aromatic rings. The van der Waals surface area contributed by atoms with Crippen molar-refractivity contribution in [2.75, 3.05) is 21.2 Å². The lowest BCUT2D eigenvalue weighted by Gasteiger charge is -2.53. The van der Waals surface area contributed by atoms with E-state index in [4.69, 9.17) is 5.73 Å². The Labute approximate surface area is 212 Å². The number of benzene rings is 1. The van der Waals surface area contributed by atoms with Crippen LogP contribution < -0.4 is 5.73 Å². The summed E-state index contributed by atoms with van der Waals surface area (Å²) in [5.74, 6) is -11.0. The van der Waals surface area contributed by atoms with Crippen molar-refractivity contribution in [2.45, 2.75) is 38.0 Å². The Morgan fingerprint density at radius 2 is 1.73 bits per heavy atom. The van der Waals surface area contributed by atoms with Gasteiger partial charge in [0.1, 0.15) is 28.4 Å². The molecule has 4 rings (SSSR count). The van der Waals surface area contributed by atoms with Gasteiger partial charge in [-0.2, -0.15) is 0 Å². The largest absolute Gasteiger partial charge is 0.508 e. The molecular formula is C25H30N2O10. The van der Waals surface area contributed by atoms with Gasteiger partial charge in [0.2, 0.25) is 5.78 Å². The fourth-order valence-corrected chi connectivity index (χ4v) is 5.89. The van der Waals surface area contributed by atoms with Crippen molar-refractivity contribution in [3.63, 3.8) is 0 Å². The lowest BCUT2D eigenvalue weighted by atomic mass is 9.54. The van der Waals surface area contributed by atoms with Gasteiger partial charge >= 0.3 is 5.97 Å². The number of Topliss-reactive ketones (excluding diaryl/α,β-unsaturated/α-hetero) is 2. The van der Waals surface area contributed by atoms with Gasteiger partial charge in [-0.25, -0.2) is 4.79 Å². The van der Waals surface area contributed by atoms with E-state index >= 15 is 0 Å². The number of ketones is 2. The van der Waals surface area contributed by atoms with E-state index in [0.29, 0.717) is 0 Å². The monoisotopic (exact) mass is 518 g/mol. The van der Waals surface area contributed by atoms with E-state index in [0.717, 1.165) is 7.11 Å². The van der Waals surface area contributed by atoms with E-state index in [1.807, 2.05) is 0 Å². The van der Waals surface area contributed by atoms with Gasteiger partial charge in [-0.1, -0.05) is 20.4 Å². The highest BCUT2D eigenvalue weighted by Crippen LogP contribution is 2.56. The summed E-state index contributed by atoms with van der Waals surface area (Å²) >= 11 is 0. The van der Waals surface area contributed by atoms with E-state index in [1.165, 1.54) is 31.1 Å². The lowest BCUT2D eigenvalue weighted by Crippen LogP contribution is -2.70. The van der Waals surface area contributed by atoms with Crippen LogP contribution in [-0.4, -0.2) is 92.8 Å². The molecule has 1 amide bonds. The number of carbonyl (C=O) groups is 4. The Bertz CT molecular complexity index is 1300. The average Bonchev–Trinajstić information content (AvgIpc) is 2.80. The zero-order chi connectivity index (χ0) is 27.0. The molecule has 0 aliphatic heterocycles. The third-order valence-electron chi connectivity index (χ3n) is 7.53. The molecule has 0 heterocycles. The number of aliphatic hydroxyl groups is 4. The number of hydrogen-bond donors (Lipinski definition) is 6. The van der Waals surface area contributed by atoms with Gasteiger partial charge in [0, 0.05) is 11.5 Å². The Kier molecular flexibility index (Phi) is 6.75. The highest BCUT2D eigenvalue weighted by atomic mass is 16.5. The molecule has 0 spiro atoms. The number of aromatic hydroxyl groups is 1. The first-order chi connectivity index (χ1) is 16.7. The van der Waals surface area contributed by atoms with Crippen LogP contribution in [0.25, 0.3) is 5.76 Å². The average molecular weight is 519 g/mol. The number of likely N-dealkylation sites (N-methyl/N-ethyl adjacent to an activating group) is 1. The number of nitrogens with zero attached hydrogens (tertiary/aromatic N) is 1. The van der Waals surface area contributed by atoms with Crippen LogP contribution in [0.15, 0.2) is 29.0 Å². The number of nitrogens with two attached hydrogens (primary N) is 1. The van der Waals surface area contributed by atoms with Crippen molar-refractivity contribution in [3.8, 4) is 5.75 Å². The molecule has 1 fully saturated rings. The number of phenolic OH excluding ortho intramolecular Hbond substituents is 1. The molecular weight excluding hydrogens is 488 g/mol. The smallest absolute Gasteiger partial charge is 0.341 e. The molecule has 0 radical (unpaired) electrons. The second kappa shape index (κ2) is 8.98. The quantitative estimate of drug-likeness (QED) is 0.230. The van der Waals surface area contributed by atoms with Gasteiger partial charge in [0.25, 0.3) is 5.91 Å². The first kappa shape index (κ1) is 27.8. The number of phenols is 1. The minimum absolute atomic E-state index is 0. The van der Waals surface area contributed by atoms with Crippen LogP contribution in [0.4, 0.5) is 0 Å². The van der Waals surface area contributed by atoms with Gasteiger partial charge in [0.05, 0.1) is 30.7 Å². The van der Waals surface area contributed by atoms with Crippen molar-refractivity contribution >= 4 is 29.2 Å². The maximum Gasteiger partial charge on any atom is 0.341 e. The van der Waals surface area contributed by atoms with Crippen molar-refractivity contribution in [2.24, 2.45) is 17.6 Å². The fourth-order valence-electron chi connectivity index (χ4n) is 5.89. The molecule has 6 atom stereocenters. The van der Waals surface area contributed by atoms with Crippen LogP contribution in [0, 0.1) is 11.8 Å². The Morgan fingerprint density at radius 3 is 2.24 bits per heavy atom. The lowest BCUT2D eigenvalue weighted by molar-refractivity contribution is -0.169. The molecule has 12 nitrogen and oxygen atoms in total. The number of methoxy groups -OCH3 is 1. The molecule has 0 saturated heterocycles.